The summed E-state index contributed by atoms with van der Waals surface area (Å²) in [7, 11) is -3.86. The van der Waals surface area contributed by atoms with Crippen molar-refractivity contribution >= 4 is 15.7 Å². The van der Waals surface area contributed by atoms with Gasteiger partial charge in [0, 0.05) is 12.6 Å². The Balaban J connectivity index is 2.16. The molecule has 0 bridgehead atoms. The number of nitro groups is 1. The number of hydrogen-bond donors (Lipinski definition) is 1. The minimum atomic E-state index is -3.86. The van der Waals surface area contributed by atoms with E-state index in [1.165, 1.54) is 13.3 Å². The quantitative estimate of drug-likeness (QED) is 0.645. The van der Waals surface area contributed by atoms with Crippen LogP contribution in [-0.4, -0.2) is 19.9 Å². The van der Waals surface area contributed by atoms with E-state index in [-0.39, 0.29) is 17.0 Å². The molecule has 1 aliphatic rings. The number of aryl methyl sites for hydroxylation is 1. The lowest BCUT2D eigenvalue weighted by molar-refractivity contribution is -0.387. The van der Waals surface area contributed by atoms with Crippen molar-refractivity contribution in [1.29, 1.82) is 0 Å². The van der Waals surface area contributed by atoms with E-state index >= 15 is 0 Å². The van der Waals surface area contributed by atoms with Crippen LogP contribution in [0, 0.1) is 28.8 Å². The highest BCUT2D eigenvalue weighted by atomic mass is 32.2. The highest BCUT2D eigenvalue weighted by molar-refractivity contribution is 7.89. The molecule has 0 unspecified atom stereocenters. The average molecular weight is 316 g/mol. The molecular formula is C13H17FN2O4S. The predicted molar refractivity (Wildman–Crippen MR) is 74.9 cm³/mol. The normalized spacial score (nSPS) is 15.7. The van der Waals surface area contributed by atoms with E-state index in [4.69, 9.17) is 0 Å². The molecule has 1 aromatic carbocycles. The Hall–Kier alpha value is -1.54. The molecule has 1 saturated carbocycles. The van der Waals surface area contributed by atoms with E-state index < -0.39 is 26.5 Å². The van der Waals surface area contributed by atoms with Gasteiger partial charge in [0.2, 0.25) is 15.8 Å². The summed E-state index contributed by atoms with van der Waals surface area (Å²) in [6.07, 6.45) is 4.16. The average Bonchev–Trinajstić information content (AvgIpc) is 2.35. The van der Waals surface area contributed by atoms with E-state index in [0.717, 1.165) is 31.4 Å². The van der Waals surface area contributed by atoms with Crippen LogP contribution in [0.25, 0.3) is 0 Å². The standard InChI is InChI=1S/C13H17FN2O4S/c1-9-7-11(8-12(13(9)14)16(17)18)21(19,20)15-6-5-10-3-2-4-10/h7-8,10,15H,2-6H2,1H3. The molecule has 0 aromatic heterocycles. The lowest BCUT2D eigenvalue weighted by atomic mass is 9.83. The van der Waals surface area contributed by atoms with Crippen molar-refractivity contribution in [2.75, 3.05) is 6.54 Å². The Kier molecular flexibility index (Phi) is 4.58. The van der Waals surface area contributed by atoms with Crippen molar-refractivity contribution < 1.29 is 17.7 Å². The molecule has 0 spiro atoms. The second-order valence-corrected chi connectivity index (χ2v) is 7.08. The molecular weight excluding hydrogens is 299 g/mol. The second kappa shape index (κ2) is 6.07. The number of benzene rings is 1. The fourth-order valence-electron chi connectivity index (χ4n) is 2.27. The van der Waals surface area contributed by atoms with Crippen molar-refractivity contribution in [3.63, 3.8) is 0 Å². The van der Waals surface area contributed by atoms with Crippen molar-refractivity contribution in [2.45, 2.75) is 37.5 Å². The number of nitrogens with zero attached hydrogens (tertiary/aromatic N) is 1. The Morgan fingerprint density at radius 2 is 2.10 bits per heavy atom. The highest BCUT2D eigenvalue weighted by Gasteiger charge is 2.24. The van der Waals surface area contributed by atoms with Crippen molar-refractivity contribution in [3.05, 3.63) is 33.6 Å². The summed E-state index contributed by atoms with van der Waals surface area (Å²) < 4.78 is 40.2. The van der Waals surface area contributed by atoms with Crippen LogP contribution >= 0.6 is 0 Å². The topological polar surface area (TPSA) is 89.3 Å². The third-order valence-corrected chi connectivity index (χ3v) is 5.23. The second-order valence-electron chi connectivity index (χ2n) is 5.31. The maximum Gasteiger partial charge on any atom is 0.306 e. The molecule has 21 heavy (non-hydrogen) atoms. The van der Waals surface area contributed by atoms with Gasteiger partial charge in [-0.15, -0.1) is 0 Å². The third-order valence-electron chi connectivity index (χ3n) is 3.79. The van der Waals surface area contributed by atoms with Crippen LogP contribution in [0.15, 0.2) is 17.0 Å². The van der Waals surface area contributed by atoms with Gasteiger partial charge in [0.25, 0.3) is 0 Å². The van der Waals surface area contributed by atoms with Gasteiger partial charge in [0.15, 0.2) is 0 Å². The first-order valence-corrected chi connectivity index (χ1v) is 8.24. The Bertz CT molecular complexity index is 656. The zero-order chi connectivity index (χ0) is 15.6. The van der Waals surface area contributed by atoms with E-state index in [9.17, 15) is 22.9 Å². The monoisotopic (exact) mass is 316 g/mol. The molecule has 0 saturated heterocycles. The van der Waals surface area contributed by atoms with Crippen LogP contribution in [0.3, 0.4) is 0 Å². The van der Waals surface area contributed by atoms with Gasteiger partial charge in [0.05, 0.1) is 9.82 Å². The van der Waals surface area contributed by atoms with E-state index in [1.807, 2.05) is 0 Å². The minimum Gasteiger partial charge on any atom is -0.258 e. The van der Waals surface area contributed by atoms with Gasteiger partial charge in [-0.05, 0) is 30.9 Å². The molecule has 8 heteroatoms. The van der Waals surface area contributed by atoms with Gasteiger partial charge in [-0.1, -0.05) is 19.3 Å². The molecule has 116 valence electrons. The van der Waals surface area contributed by atoms with E-state index in [1.54, 1.807) is 0 Å². The van der Waals surface area contributed by atoms with Gasteiger partial charge in [-0.25, -0.2) is 13.1 Å². The van der Waals surface area contributed by atoms with Crippen LogP contribution < -0.4 is 4.72 Å². The summed E-state index contributed by atoms with van der Waals surface area (Å²) >= 11 is 0. The summed E-state index contributed by atoms with van der Waals surface area (Å²) in [5, 5.41) is 10.8. The van der Waals surface area contributed by atoms with E-state index in [0.29, 0.717) is 5.92 Å². The molecule has 0 atom stereocenters. The fourth-order valence-corrected chi connectivity index (χ4v) is 3.42. The SMILES string of the molecule is Cc1cc(S(=O)(=O)NCCC2CCC2)cc([N+](=O)[O-])c1F. The highest BCUT2D eigenvalue weighted by Crippen LogP contribution is 2.29. The first-order chi connectivity index (χ1) is 9.81. The lowest BCUT2D eigenvalue weighted by Gasteiger charge is -2.25. The van der Waals surface area contributed by atoms with Gasteiger partial charge in [0.1, 0.15) is 0 Å². The fraction of sp³-hybridized carbons (Fsp3) is 0.538. The lowest BCUT2D eigenvalue weighted by Crippen LogP contribution is -2.27. The molecule has 1 fully saturated rings. The molecule has 0 heterocycles. The van der Waals surface area contributed by atoms with Crippen LogP contribution in [-0.2, 0) is 10.0 Å². The third kappa shape index (κ3) is 3.56. The zero-order valence-electron chi connectivity index (χ0n) is 11.6. The molecule has 1 aromatic rings. The number of nitrogens with one attached hydrogen (secondary N) is 1. The maximum absolute atomic E-state index is 13.6. The smallest absolute Gasteiger partial charge is 0.258 e. The summed E-state index contributed by atoms with van der Waals surface area (Å²) in [6.45, 7) is 1.59. The zero-order valence-corrected chi connectivity index (χ0v) is 12.5. The van der Waals surface area contributed by atoms with Crippen molar-refractivity contribution in [2.24, 2.45) is 5.92 Å². The number of rotatable bonds is 6. The molecule has 0 amide bonds. The minimum absolute atomic E-state index is 0.0661. The molecule has 2 rings (SSSR count). The molecule has 1 aliphatic carbocycles. The van der Waals surface area contributed by atoms with Crippen molar-refractivity contribution in [1.82, 2.24) is 4.72 Å². The van der Waals surface area contributed by atoms with Gasteiger partial charge < -0.3 is 0 Å². The number of sulfonamides is 1. The Labute approximate surface area is 122 Å². The van der Waals surface area contributed by atoms with Crippen LogP contribution in [0.1, 0.15) is 31.2 Å². The summed E-state index contributed by atoms with van der Waals surface area (Å²) in [5.74, 6) is -0.453. The van der Waals surface area contributed by atoms with Gasteiger partial charge in [-0.3, -0.25) is 10.1 Å². The molecule has 6 nitrogen and oxygen atoms in total. The predicted octanol–water partition coefficient (Wildman–Crippen LogP) is 2.51. The summed E-state index contributed by atoms with van der Waals surface area (Å²) in [4.78, 5) is 9.56. The number of hydrogen-bond acceptors (Lipinski definition) is 4. The summed E-state index contributed by atoms with van der Waals surface area (Å²) in [6, 6.07) is 1.86. The number of halogens is 1. The maximum atomic E-state index is 13.6. The molecule has 1 N–H and O–H groups in total. The number of nitro benzene ring substituents is 1. The van der Waals surface area contributed by atoms with Crippen molar-refractivity contribution in [3.8, 4) is 0 Å². The van der Waals surface area contributed by atoms with Gasteiger partial charge in [-0.2, -0.15) is 4.39 Å². The van der Waals surface area contributed by atoms with E-state index in [2.05, 4.69) is 4.72 Å². The first kappa shape index (κ1) is 15.8. The van der Waals surface area contributed by atoms with Gasteiger partial charge >= 0.3 is 5.69 Å². The molecule has 0 radical (unpaired) electrons. The van der Waals surface area contributed by atoms with Crippen LogP contribution in [0.2, 0.25) is 0 Å². The molecule has 0 aliphatic heterocycles. The Morgan fingerprint density at radius 1 is 1.43 bits per heavy atom. The van der Waals surface area contributed by atoms with Crippen LogP contribution in [0.5, 0.6) is 0 Å². The first-order valence-electron chi connectivity index (χ1n) is 6.75. The Morgan fingerprint density at radius 3 is 2.62 bits per heavy atom. The largest absolute Gasteiger partial charge is 0.306 e. The summed E-state index contributed by atoms with van der Waals surface area (Å²) in [5.41, 5.74) is -0.891. The van der Waals surface area contributed by atoms with Crippen LogP contribution in [0.4, 0.5) is 10.1 Å².